The fourth-order valence-electron chi connectivity index (χ4n) is 0.820. The zero-order valence-electron chi connectivity index (χ0n) is 7.82. The lowest BCUT2D eigenvalue weighted by atomic mass is 10.2. The molecule has 0 aromatic heterocycles. The Morgan fingerprint density at radius 2 is 1.83 bits per heavy atom. The van der Waals surface area contributed by atoms with Crippen molar-refractivity contribution in [2.45, 2.75) is 39.7 Å². The molecule has 0 aromatic carbocycles. The molecule has 0 aromatic rings. The summed E-state index contributed by atoms with van der Waals surface area (Å²) in [6.45, 7) is 5.65. The van der Waals surface area contributed by atoms with Crippen LogP contribution in [0, 0.1) is 0 Å². The van der Waals surface area contributed by atoms with Crippen LogP contribution in [0.25, 0.3) is 0 Å². The average Bonchev–Trinajstić information content (AvgIpc) is 2.00. The van der Waals surface area contributed by atoms with Crippen LogP contribution in [0.2, 0.25) is 0 Å². The second-order valence-electron chi connectivity index (χ2n) is 2.43. The van der Waals surface area contributed by atoms with E-state index in [9.17, 15) is 4.57 Å². The Bertz CT molecular complexity index is 155. The molecule has 5 heteroatoms. The Labute approximate surface area is 73.5 Å². The number of hydrogen-bond donors (Lipinski definition) is 1. The molecule has 0 saturated heterocycles. The molecule has 0 aliphatic heterocycles. The maximum Gasteiger partial charge on any atom is 0.472 e. The van der Waals surface area contributed by atoms with E-state index in [2.05, 4.69) is 4.52 Å². The Morgan fingerprint density at radius 3 is 2.17 bits per heavy atom. The van der Waals surface area contributed by atoms with Crippen LogP contribution in [0.1, 0.15) is 33.6 Å². The molecule has 4 nitrogen and oxygen atoms in total. The van der Waals surface area contributed by atoms with Crippen molar-refractivity contribution >= 4 is 7.82 Å². The zero-order chi connectivity index (χ0) is 9.61. The van der Waals surface area contributed by atoms with Gasteiger partial charge in [-0.2, -0.15) is 0 Å². The number of phosphoric acid groups is 1. The summed E-state index contributed by atoms with van der Waals surface area (Å²) in [6.07, 6.45) is 1.25. The van der Waals surface area contributed by atoms with Crippen molar-refractivity contribution in [1.82, 2.24) is 0 Å². The van der Waals surface area contributed by atoms with Gasteiger partial charge in [-0.3, -0.25) is 9.05 Å². The van der Waals surface area contributed by atoms with Crippen LogP contribution in [0.4, 0.5) is 0 Å². The molecule has 0 bridgehead atoms. The lowest BCUT2D eigenvalue weighted by Gasteiger charge is -2.17. The predicted octanol–water partition coefficient (Wildman–Crippen LogP) is 2.33. The summed E-state index contributed by atoms with van der Waals surface area (Å²) in [5.41, 5.74) is 0. The van der Waals surface area contributed by atoms with Gasteiger partial charge in [-0.15, -0.1) is 0 Å². The van der Waals surface area contributed by atoms with Crippen LogP contribution in [0.15, 0.2) is 0 Å². The summed E-state index contributed by atoms with van der Waals surface area (Å²) in [5.74, 6) is 0. The Balaban J connectivity index is 3.94. The highest BCUT2D eigenvalue weighted by atomic mass is 31.2. The third-order valence-corrected chi connectivity index (χ3v) is 2.63. The van der Waals surface area contributed by atoms with Gasteiger partial charge in [0, 0.05) is 0 Å². The Hall–Kier alpha value is 0.110. The van der Waals surface area contributed by atoms with Crippen molar-refractivity contribution in [3.05, 3.63) is 0 Å². The van der Waals surface area contributed by atoms with Gasteiger partial charge in [-0.1, -0.05) is 13.8 Å². The SMILES string of the molecule is CCOP(=O)(O)OC(CC)CC. The lowest BCUT2D eigenvalue weighted by Crippen LogP contribution is -2.09. The van der Waals surface area contributed by atoms with Crippen molar-refractivity contribution in [3.63, 3.8) is 0 Å². The van der Waals surface area contributed by atoms with E-state index in [-0.39, 0.29) is 12.7 Å². The molecule has 0 aliphatic carbocycles. The third-order valence-electron chi connectivity index (χ3n) is 1.49. The van der Waals surface area contributed by atoms with Gasteiger partial charge in [0.25, 0.3) is 0 Å². The summed E-state index contributed by atoms with van der Waals surface area (Å²) < 4.78 is 20.5. The second kappa shape index (κ2) is 5.70. The summed E-state index contributed by atoms with van der Waals surface area (Å²) in [7, 11) is -3.78. The third kappa shape index (κ3) is 4.88. The van der Waals surface area contributed by atoms with Crippen molar-refractivity contribution in [3.8, 4) is 0 Å². The normalized spacial score (nSPS) is 16.4. The minimum absolute atomic E-state index is 0.188. The summed E-state index contributed by atoms with van der Waals surface area (Å²) in [5, 5.41) is 0. The van der Waals surface area contributed by atoms with Crippen LogP contribution in [0.5, 0.6) is 0 Å². The van der Waals surface area contributed by atoms with E-state index in [1.165, 1.54) is 0 Å². The van der Waals surface area contributed by atoms with Crippen LogP contribution < -0.4 is 0 Å². The van der Waals surface area contributed by atoms with Crippen molar-refractivity contribution in [2.75, 3.05) is 6.61 Å². The van der Waals surface area contributed by atoms with Gasteiger partial charge in [0.05, 0.1) is 12.7 Å². The minimum Gasteiger partial charge on any atom is -0.302 e. The first-order valence-electron chi connectivity index (χ1n) is 4.21. The first-order chi connectivity index (χ1) is 5.55. The van der Waals surface area contributed by atoms with Crippen molar-refractivity contribution in [1.29, 1.82) is 0 Å². The fourth-order valence-corrected chi connectivity index (χ4v) is 1.88. The van der Waals surface area contributed by atoms with Gasteiger partial charge < -0.3 is 4.89 Å². The standard InChI is InChI=1S/C7H17O4P/c1-4-7(5-2)11-12(8,9)10-6-3/h7H,4-6H2,1-3H3,(H,8,9). The van der Waals surface area contributed by atoms with Crippen LogP contribution >= 0.6 is 7.82 Å². The molecule has 0 spiro atoms. The van der Waals surface area contributed by atoms with E-state index < -0.39 is 7.82 Å². The molecule has 0 fully saturated rings. The molecule has 0 saturated carbocycles. The first kappa shape index (κ1) is 12.1. The van der Waals surface area contributed by atoms with Gasteiger partial charge in [-0.05, 0) is 19.8 Å². The summed E-state index contributed by atoms with van der Waals surface area (Å²) >= 11 is 0. The molecule has 0 aliphatic rings. The van der Waals surface area contributed by atoms with E-state index in [1.54, 1.807) is 6.92 Å². The molecular formula is C7H17O4P. The first-order valence-corrected chi connectivity index (χ1v) is 5.71. The topological polar surface area (TPSA) is 55.8 Å². The van der Waals surface area contributed by atoms with Crippen molar-refractivity contribution in [2.24, 2.45) is 0 Å². The largest absolute Gasteiger partial charge is 0.472 e. The maximum atomic E-state index is 11.1. The van der Waals surface area contributed by atoms with Crippen molar-refractivity contribution < 1.29 is 18.5 Å². The van der Waals surface area contributed by atoms with Gasteiger partial charge in [0.1, 0.15) is 0 Å². The number of rotatable bonds is 6. The summed E-state index contributed by atoms with van der Waals surface area (Å²) in [4.78, 5) is 9.06. The molecular weight excluding hydrogens is 179 g/mol. The molecule has 74 valence electrons. The Morgan fingerprint density at radius 1 is 1.33 bits per heavy atom. The second-order valence-corrected chi connectivity index (χ2v) is 3.84. The highest BCUT2D eigenvalue weighted by Crippen LogP contribution is 2.45. The van der Waals surface area contributed by atoms with E-state index in [4.69, 9.17) is 9.42 Å². The number of hydrogen-bond acceptors (Lipinski definition) is 3. The highest BCUT2D eigenvalue weighted by Gasteiger charge is 2.23. The van der Waals surface area contributed by atoms with Crippen LogP contribution in [-0.4, -0.2) is 17.6 Å². The zero-order valence-corrected chi connectivity index (χ0v) is 8.71. The van der Waals surface area contributed by atoms with E-state index in [0.717, 1.165) is 0 Å². The molecule has 12 heavy (non-hydrogen) atoms. The van der Waals surface area contributed by atoms with Gasteiger partial charge in [0.15, 0.2) is 0 Å². The molecule has 0 amide bonds. The summed E-state index contributed by atoms with van der Waals surface area (Å²) in [6, 6.07) is 0. The molecule has 1 N–H and O–H groups in total. The van der Waals surface area contributed by atoms with E-state index in [1.807, 2.05) is 13.8 Å². The Kier molecular flexibility index (Phi) is 5.76. The van der Waals surface area contributed by atoms with Gasteiger partial charge in [0.2, 0.25) is 0 Å². The predicted molar refractivity (Wildman–Crippen MR) is 46.9 cm³/mol. The average molecular weight is 196 g/mol. The van der Waals surface area contributed by atoms with Gasteiger partial charge >= 0.3 is 7.82 Å². The highest BCUT2D eigenvalue weighted by molar-refractivity contribution is 7.47. The molecule has 1 atom stereocenters. The lowest BCUT2D eigenvalue weighted by molar-refractivity contribution is 0.103. The quantitative estimate of drug-likeness (QED) is 0.662. The molecule has 1 unspecified atom stereocenters. The monoisotopic (exact) mass is 196 g/mol. The smallest absolute Gasteiger partial charge is 0.302 e. The molecule has 0 heterocycles. The van der Waals surface area contributed by atoms with E-state index in [0.29, 0.717) is 12.8 Å². The molecule has 0 radical (unpaired) electrons. The maximum absolute atomic E-state index is 11.1. The van der Waals surface area contributed by atoms with E-state index >= 15 is 0 Å². The van der Waals surface area contributed by atoms with Crippen LogP contribution in [0.3, 0.4) is 0 Å². The molecule has 0 rings (SSSR count). The fraction of sp³-hybridized carbons (Fsp3) is 1.00. The minimum atomic E-state index is -3.78. The van der Waals surface area contributed by atoms with Gasteiger partial charge in [-0.25, -0.2) is 4.57 Å². The van der Waals surface area contributed by atoms with Crippen LogP contribution in [-0.2, 0) is 13.6 Å². The number of phosphoric ester groups is 1.